The Morgan fingerprint density at radius 2 is 1.80 bits per heavy atom. The number of guanidine groups is 1. The van der Waals surface area contributed by atoms with Crippen molar-refractivity contribution in [1.29, 1.82) is 0 Å². The molecule has 8 N–H and O–H groups in total. The number of ether oxygens (including phenoxy) is 3. The third-order valence-electron chi connectivity index (χ3n) is 7.06. The maximum atomic E-state index is 13.9. The Kier molecular flexibility index (Phi) is 8.89. The molecular weight excluding hydrogens is 542 g/mol. The normalized spacial score (nSPS) is 24.0. The Morgan fingerprint density at radius 1 is 1.10 bits per heavy atom. The van der Waals surface area contributed by atoms with E-state index in [2.05, 4.69) is 10.3 Å². The number of aryl methyl sites for hydroxylation is 1. The summed E-state index contributed by atoms with van der Waals surface area (Å²) in [5.74, 6) is -2.07. The van der Waals surface area contributed by atoms with Crippen LogP contribution in [0.1, 0.15) is 49.4 Å². The highest BCUT2D eigenvalue weighted by Crippen LogP contribution is 2.42. The van der Waals surface area contributed by atoms with Gasteiger partial charge in [-0.3, -0.25) is 14.6 Å². The molecule has 1 aliphatic heterocycles. The van der Waals surface area contributed by atoms with Gasteiger partial charge in [-0.1, -0.05) is 0 Å². The largest absolute Gasteiger partial charge is 0.507 e. The summed E-state index contributed by atoms with van der Waals surface area (Å²) >= 11 is 0. The lowest BCUT2D eigenvalue weighted by atomic mass is 9.80. The van der Waals surface area contributed by atoms with Crippen molar-refractivity contribution in [3.05, 3.63) is 51.6 Å². The molecule has 0 saturated carbocycles. The number of nitrogens with one attached hydrogen (secondary N) is 1. The van der Waals surface area contributed by atoms with Crippen molar-refractivity contribution < 1.29 is 54.1 Å². The zero-order valence-corrected chi connectivity index (χ0v) is 22.2. The highest BCUT2D eigenvalue weighted by molar-refractivity contribution is 6.30. The molecule has 1 heterocycles. The van der Waals surface area contributed by atoms with E-state index in [1.165, 1.54) is 32.4 Å². The summed E-state index contributed by atoms with van der Waals surface area (Å²) in [5.41, 5.74) is 5.58. The van der Waals surface area contributed by atoms with Crippen molar-refractivity contribution in [2.24, 2.45) is 10.7 Å². The number of nitrogens with two attached hydrogens (primary N) is 1. The molecule has 5 atom stereocenters. The molecule has 0 spiro atoms. The maximum absolute atomic E-state index is 13.9. The Balaban J connectivity index is 1.84. The summed E-state index contributed by atoms with van der Waals surface area (Å²) in [6.45, 7) is -0.780. The van der Waals surface area contributed by atoms with Gasteiger partial charge < -0.3 is 55.6 Å². The number of carbonyl (C=O) groups is 3. The van der Waals surface area contributed by atoms with Crippen molar-refractivity contribution in [1.82, 2.24) is 5.32 Å². The molecule has 0 bridgehead atoms. The molecule has 5 unspecified atom stereocenters. The number of phenolic OH excluding ortho intramolecular Hbond substituents is 1. The van der Waals surface area contributed by atoms with Gasteiger partial charge in [0, 0.05) is 42.8 Å². The molecule has 41 heavy (non-hydrogen) atoms. The lowest BCUT2D eigenvalue weighted by molar-refractivity contribution is -0.277. The predicted molar refractivity (Wildman–Crippen MR) is 141 cm³/mol. The first-order valence-electron chi connectivity index (χ1n) is 12.6. The molecular formula is C27H31N3O11. The van der Waals surface area contributed by atoms with Crippen LogP contribution >= 0.6 is 0 Å². The number of carbonyl (C=O) groups excluding carboxylic acids is 3. The first-order valence-corrected chi connectivity index (χ1v) is 12.6. The molecule has 1 aliphatic carbocycles. The first-order chi connectivity index (χ1) is 19.6. The van der Waals surface area contributed by atoms with Crippen LogP contribution < -0.4 is 20.5 Å². The fourth-order valence-corrected chi connectivity index (χ4v) is 4.84. The van der Waals surface area contributed by atoms with Crippen molar-refractivity contribution in [3.63, 3.8) is 0 Å². The molecule has 2 aromatic carbocycles. The lowest BCUT2D eigenvalue weighted by Gasteiger charge is -2.39. The number of aliphatic hydroxyl groups is 4. The summed E-state index contributed by atoms with van der Waals surface area (Å²) in [5, 5.41) is 54.4. The summed E-state index contributed by atoms with van der Waals surface area (Å²) < 4.78 is 16.5. The molecule has 220 valence electrons. The molecule has 0 amide bonds. The van der Waals surface area contributed by atoms with Gasteiger partial charge in [0.15, 0.2) is 11.7 Å². The third kappa shape index (κ3) is 5.47. The van der Waals surface area contributed by atoms with Crippen LogP contribution in [-0.2, 0) is 22.5 Å². The van der Waals surface area contributed by atoms with E-state index < -0.39 is 54.6 Å². The van der Waals surface area contributed by atoms with Crippen LogP contribution in [0.15, 0.2) is 23.2 Å². The molecule has 14 nitrogen and oxygen atoms in total. The number of aldehydes is 1. The Labute approximate surface area is 234 Å². The molecule has 2 aromatic rings. The van der Waals surface area contributed by atoms with Gasteiger partial charge in [0.05, 0.1) is 24.8 Å². The fourth-order valence-electron chi connectivity index (χ4n) is 4.84. The van der Waals surface area contributed by atoms with E-state index in [4.69, 9.17) is 19.9 Å². The number of aliphatic hydroxyl groups excluding tert-OH is 4. The number of benzene rings is 2. The van der Waals surface area contributed by atoms with Crippen LogP contribution in [0.2, 0.25) is 0 Å². The van der Waals surface area contributed by atoms with Gasteiger partial charge >= 0.3 is 0 Å². The van der Waals surface area contributed by atoms with Gasteiger partial charge in [-0.05, 0) is 24.1 Å². The average molecular weight is 574 g/mol. The van der Waals surface area contributed by atoms with Gasteiger partial charge in [-0.15, -0.1) is 0 Å². The van der Waals surface area contributed by atoms with Crippen LogP contribution in [0.4, 0.5) is 0 Å². The number of aromatic hydroxyl groups is 1. The Bertz CT molecular complexity index is 1390. The topological polar surface area (TPSA) is 230 Å². The van der Waals surface area contributed by atoms with E-state index in [1.54, 1.807) is 0 Å². The first kappa shape index (κ1) is 29.9. The molecule has 0 radical (unpaired) electrons. The van der Waals surface area contributed by atoms with Crippen LogP contribution in [0.5, 0.6) is 17.2 Å². The summed E-state index contributed by atoms with van der Waals surface area (Å²) in [4.78, 5) is 42.6. The van der Waals surface area contributed by atoms with Crippen LogP contribution in [0.3, 0.4) is 0 Å². The number of methoxy groups -OCH3 is 1. The Hall–Kier alpha value is -4.08. The number of phenols is 1. The van der Waals surface area contributed by atoms with Crippen LogP contribution in [0.25, 0.3) is 0 Å². The third-order valence-corrected chi connectivity index (χ3v) is 7.06. The van der Waals surface area contributed by atoms with Crippen molar-refractivity contribution in [3.8, 4) is 17.2 Å². The molecule has 2 aliphatic rings. The highest BCUT2D eigenvalue weighted by Gasteiger charge is 2.46. The molecule has 0 aromatic heterocycles. The zero-order chi connectivity index (χ0) is 30.0. The number of ketones is 2. The van der Waals surface area contributed by atoms with E-state index >= 15 is 0 Å². The fraction of sp³-hybridized carbons (Fsp3) is 0.407. The second-order valence-electron chi connectivity index (χ2n) is 9.47. The number of hydrogen-bond acceptors (Lipinski definition) is 12. The second-order valence-corrected chi connectivity index (χ2v) is 9.47. The summed E-state index contributed by atoms with van der Waals surface area (Å²) in [7, 11) is 2.77. The van der Waals surface area contributed by atoms with Crippen LogP contribution in [-0.4, -0.2) is 101 Å². The monoisotopic (exact) mass is 573 g/mol. The van der Waals surface area contributed by atoms with E-state index in [0.717, 1.165) is 0 Å². The quantitative estimate of drug-likeness (QED) is 0.0881. The number of hydrogen-bond donors (Lipinski definition) is 7. The van der Waals surface area contributed by atoms with Gasteiger partial charge in [-0.2, -0.15) is 0 Å². The average Bonchev–Trinajstić information content (AvgIpc) is 2.97. The smallest absolute Gasteiger partial charge is 0.229 e. The minimum atomic E-state index is -1.80. The predicted octanol–water partition coefficient (Wildman–Crippen LogP) is -1.48. The van der Waals surface area contributed by atoms with Crippen molar-refractivity contribution in [2.45, 2.75) is 50.1 Å². The standard InChI is InChI=1S/C27H31N3O11/c1-29-27(28)30-9-15-11(4-3-5-31)6-13-19(21(15)34)23(36)18-14(20(13)33)7-12(39-2)8-16(18)40-26-25(38)24(37)22(35)17(10-32)41-26/h5-8,17,22,24-26,32,34-35,37-38H,3-4,9-10H2,1-2H3,(H3,28,29,30). The Morgan fingerprint density at radius 3 is 2.44 bits per heavy atom. The highest BCUT2D eigenvalue weighted by atomic mass is 16.7. The second kappa shape index (κ2) is 12.2. The number of rotatable bonds is 9. The molecule has 4 rings (SSSR count). The molecule has 14 heteroatoms. The minimum Gasteiger partial charge on any atom is -0.507 e. The van der Waals surface area contributed by atoms with Gasteiger partial charge in [0.2, 0.25) is 12.1 Å². The SMILES string of the molecule is CN=C(N)NCc1c(CCC=O)cc2c(c1O)C(=O)c1c(OC3OC(CO)C(O)C(O)C3O)cc(OC)cc1C2=O. The zero-order valence-electron chi connectivity index (χ0n) is 22.2. The van der Waals surface area contributed by atoms with Gasteiger partial charge in [-0.25, -0.2) is 0 Å². The van der Waals surface area contributed by atoms with E-state index in [9.17, 15) is 39.9 Å². The summed E-state index contributed by atoms with van der Waals surface area (Å²) in [6, 6.07) is 4.01. The van der Waals surface area contributed by atoms with Crippen LogP contribution in [0, 0.1) is 0 Å². The van der Waals surface area contributed by atoms with E-state index in [-0.39, 0.29) is 64.7 Å². The number of nitrogens with zero attached hydrogens (tertiary/aromatic N) is 1. The molecule has 1 saturated heterocycles. The van der Waals surface area contributed by atoms with Crippen molar-refractivity contribution >= 4 is 23.8 Å². The lowest BCUT2D eigenvalue weighted by Crippen LogP contribution is -2.60. The number of aliphatic imine (C=N–C) groups is 1. The van der Waals surface area contributed by atoms with E-state index in [0.29, 0.717) is 11.8 Å². The molecule has 1 fully saturated rings. The maximum Gasteiger partial charge on any atom is 0.229 e. The van der Waals surface area contributed by atoms with Crippen molar-refractivity contribution in [2.75, 3.05) is 20.8 Å². The minimum absolute atomic E-state index is 0.0542. The van der Waals surface area contributed by atoms with E-state index in [1.807, 2.05) is 0 Å². The van der Waals surface area contributed by atoms with Gasteiger partial charge in [0.25, 0.3) is 0 Å². The summed E-state index contributed by atoms with van der Waals surface area (Å²) in [6.07, 6.45) is -7.21. The number of fused-ring (bicyclic) bond motifs is 2. The van der Waals surface area contributed by atoms with Gasteiger partial charge in [0.1, 0.15) is 48.0 Å².